The van der Waals surface area contributed by atoms with Gasteiger partial charge < -0.3 is 19.4 Å². The number of ether oxygens (including phenoxy) is 1. The third-order valence-corrected chi connectivity index (χ3v) is 7.27. The average Bonchev–Trinajstić information content (AvgIpc) is 3.45. The van der Waals surface area contributed by atoms with Gasteiger partial charge in [0.15, 0.2) is 5.11 Å². The molecule has 172 valence electrons. The number of morpholine rings is 1. The van der Waals surface area contributed by atoms with E-state index in [4.69, 9.17) is 44.6 Å². The topological polar surface area (TPSA) is 53.8 Å². The fraction of sp³-hybridized carbons (Fsp3) is 0.333. The summed E-state index contributed by atoms with van der Waals surface area (Å²) in [5.74, 6) is 1.47. The number of aromatic nitrogens is 1. The number of halogens is 2. The minimum Gasteiger partial charge on any atom is -0.459 e. The monoisotopic (exact) mass is 502 g/mol. The van der Waals surface area contributed by atoms with Crippen molar-refractivity contribution in [1.82, 2.24) is 20.1 Å². The Morgan fingerprint density at radius 3 is 2.67 bits per heavy atom. The Balaban J connectivity index is 1.46. The molecule has 0 saturated carbocycles. The minimum atomic E-state index is -0.139. The lowest BCUT2D eigenvalue weighted by molar-refractivity contribution is 0.0347. The average molecular weight is 503 g/mol. The van der Waals surface area contributed by atoms with Crippen molar-refractivity contribution < 1.29 is 9.15 Å². The number of thiocarbonyl (C=S) groups is 1. The first-order valence-corrected chi connectivity index (χ1v) is 12.1. The van der Waals surface area contributed by atoms with Crippen molar-refractivity contribution in [3.8, 4) is 11.3 Å². The molecule has 2 saturated heterocycles. The Bertz CT molecular complexity index is 1120. The van der Waals surface area contributed by atoms with E-state index < -0.39 is 0 Å². The molecule has 4 heterocycles. The largest absolute Gasteiger partial charge is 0.459 e. The quantitative estimate of drug-likeness (QED) is 0.478. The summed E-state index contributed by atoms with van der Waals surface area (Å²) in [7, 11) is 0. The molecular formula is C24H24Cl2N4O2S. The molecule has 0 bridgehead atoms. The zero-order chi connectivity index (χ0) is 22.8. The van der Waals surface area contributed by atoms with Crippen LogP contribution >= 0.6 is 35.4 Å². The van der Waals surface area contributed by atoms with Gasteiger partial charge in [-0.05, 0) is 48.6 Å². The molecule has 1 N–H and O–H groups in total. The Morgan fingerprint density at radius 2 is 1.88 bits per heavy atom. The molecule has 2 fully saturated rings. The van der Waals surface area contributed by atoms with Crippen LogP contribution in [0.4, 0.5) is 0 Å². The van der Waals surface area contributed by atoms with E-state index in [1.807, 2.05) is 42.5 Å². The zero-order valence-corrected chi connectivity index (χ0v) is 20.2. The van der Waals surface area contributed by atoms with Gasteiger partial charge in [-0.1, -0.05) is 35.3 Å². The number of hydrogen-bond donors (Lipinski definition) is 1. The first-order chi connectivity index (χ1) is 16.1. The summed E-state index contributed by atoms with van der Waals surface area (Å²) in [5, 5.41) is 5.14. The maximum atomic E-state index is 6.45. The second-order valence-corrected chi connectivity index (χ2v) is 9.25. The predicted molar refractivity (Wildman–Crippen MR) is 134 cm³/mol. The molecule has 0 aliphatic carbocycles. The van der Waals surface area contributed by atoms with Crippen LogP contribution in [-0.2, 0) is 4.74 Å². The minimum absolute atomic E-state index is 0.128. The SMILES string of the molecule is S=C1N[C@@H](c2ccccn2)[C@H](c2ccc(-c3cccc(Cl)c3Cl)o2)N1CCN1CCOCC1. The van der Waals surface area contributed by atoms with E-state index in [1.165, 1.54) is 0 Å². The van der Waals surface area contributed by atoms with Gasteiger partial charge in [-0.2, -0.15) is 0 Å². The summed E-state index contributed by atoms with van der Waals surface area (Å²) in [6.45, 7) is 5.06. The zero-order valence-electron chi connectivity index (χ0n) is 17.9. The van der Waals surface area contributed by atoms with Gasteiger partial charge >= 0.3 is 0 Å². The van der Waals surface area contributed by atoms with Gasteiger partial charge in [0.1, 0.15) is 17.6 Å². The van der Waals surface area contributed by atoms with Crippen LogP contribution in [-0.4, -0.2) is 59.3 Å². The van der Waals surface area contributed by atoms with Gasteiger partial charge in [0.25, 0.3) is 0 Å². The van der Waals surface area contributed by atoms with Gasteiger partial charge in [0, 0.05) is 37.9 Å². The summed E-state index contributed by atoms with van der Waals surface area (Å²) in [6.07, 6.45) is 1.80. The lowest BCUT2D eigenvalue weighted by Gasteiger charge is -2.31. The maximum Gasteiger partial charge on any atom is 0.170 e. The van der Waals surface area contributed by atoms with Crippen molar-refractivity contribution in [1.29, 1.82) is 0 Å². The molecule has 0 spiro atoms. The van der Waals surface area contributed by atoms with Gasteiger partial charge in [0.2, 0.25) is 0 Å². The van der Waals surface area contributed by atoms with Crippen LogP contribution in [0.15, 0.2) is 59.1 Å². The standard InChI is InChI=1S/C24H24Cl2N4O2S/c25-17-5-3-4-16(21(17)26)19-7-8-20(32-19)23-22(18-6-1-2-9-27-18)28-24(33)30(23)11-10-29-12-14-31-15-13-29/h1-9,22-23H,10-15H2,(H,28,33)/t22-,23-/m0/s1. The van der Waals surface area contributed by atoms with Crippen LogP contribution in [0.2, 0.25) is 10.0 Å². The highest BCUT2D eigenvalue weighted by atomic mass is 35.5. The normalized spacial score (nSPS) is 21.4. The Kier molecular flexibility index (Phi) is 6.85. The molecule has 0 unspecified atom stereocenters. The molecule has 2 atom stereocenters. The molecule has 33 heavy (non-hydrogen) atoms. The highest BCUT2D eigenvalue weighted by Gasteiger charge is 2.41. The van der Waals surface area contributed by atoms with E-state index in [0.29, 0.717) is 20.9 Å². The van der Waals surface area contributed by atoms with Crippen LogP contribution in [0, 0.1) is 0 Å². The Labute approximate surface area is 208 Å². The summed E-state index contributed by atoms with van der Waals surface area (Å²) in [6, 6.07) is 15.1. The summed E-state index contributed by atoms with van der Waals surface area (Å²) < 4.78 is 11.8. The van der Waals surface area contributed by atoms with Crippen molar-refractivity contribution in [2.24, 2.45) is 0 Å². The highest BCUT2D eigenvalue weighted by Crippen LogP contribution is 2.41. The fourth-order valence-corrected chi connectivity index (χ4v) is 5.11. The number of nitrogens with zero attached hydrogens (tertiary/aromatic N) is 3. The summed E-state index contributed by atoms with van der Waals surface area (Å²) in [5.41, 5.74) is 1.68. The van der Waals surface area contributed by atoms with Crippen molar-refractivity contribution in [3.05, 3.63) is 76.2 Å². The molecular weight excluding hydrogens is 479 g/mol. The molecule has 2 aliphatic rings. The van der Waals surface area contributed by atoms with Crippen LogP contribution in [0.1, 0.15) is 23.5 Å². The van der Waals surface area contributed by atoms with Crippen molar-refractivity contribution in [2.75, 3.05) is 39.4 Å². The van der Waals surface area contributed by atoms with Crippen molar-refractivity contribution >= 4 is 40.5 Å². The van der Waals surface area contributed by atoms with Gasteiger partial charge in [0.05, 0.1) is 35.0 Å². The smallest absolute Gasteiger partial charge is 0.170 e. The Morgan fingerprint density at radius 1 is 1.03 bits per heavy atom. The predicted octanol–water partition coefficient (Wildman–Crippen LogP) is 4.95. The Hall–Kier alpha value is -2.16. The molecule has 2 aromatic heterocycles. The highest BCUT2D eigenvalue weighted by molar-refractivity contribution is 7.80. The maximum absolute atomic E-state index is 6.45. The number of furan rings is 1. The third kappa shape index (κ3) is 4.74. The number of hydrogen-bond acceptors (Lipinski definition) is 5. The van der Waals surface area contributed by atoms with Crippen molar-refractivity contribution in [2.45, 2.75) is 12.1 Å². The molecule has 6 nitrogen and oxygen atoms in total. The van der Waals surface area contributed by atoms with Crippen LogP contribution in [0.25, 0.3) is 11.3 Å². The van der Waals surface area contributed by atoms with Crippen LogP contribution in [0.3, 0.4) is 0 Å². The van der Waals surface area contributed by atoms with E-state index >= 15 is 0 Å². The van der Waals surface area contributed by atoms with Gasteiger partial charge in [-0.25, -0.2) is 0 Å². The lowest BCUT2D eigenvalue weighted by Crippen LogP contribution is -2.42. The first kappa shape index (κ1) is 22.6. The van der Waals surface area contributed by atoms with Crippen LogP contribution < -0.4 is 5.32 Å². The second-order valence-electron chi connectivity index (χ2n) is 8.08. The van der Waals surface area contributed by atoms with E-state index in [2.05, 4.69) is 20.1 Å². The second kappa shape index (κ2) is 9.99. The van der Waals surface area contributed by atoms with Crippen LogP contribution in [0.5, 0.6) is 0 Å². The summed E-state index contributed by atoms with van der Waals surface area (Å²) in [4.78, 5) is 9.19. The van der Waals surface area contributed by atoms with Crippen molar-refractivity contribution in [3.63, 3.8) is 0 Å². The molecule has 0 radical (unpaired) electrons. The van der Waals surface area contributed by atoms with E-state index in [0.717, 1.165) is 56.4 Å². The van der Waals surface area contributed by atoms with E-state index in [9.17, 15) is 0 Å². The third-order valence-electron chi connectivity index (χ3n) is 6.09. The van der Waals surface area contributed by atoms with Gasteiger partial charge in [-0.15, -0.1) is 0 Å². The molecule has 9 heteroatoms. The fourth-order valence-electron chi connectivity index (χ4n) is 4.38. The summed E-state index contributed by atoms with van der Waals surface area (Å²) >= 11 is 18.4. The van der Waals surface area contributed by atoms with E-state index in [-0.39, 0.29) is 12.1 Å². The molecule has 5 rings (SSSR count). The number of pyridine rings is 1. The molecule has 2 aliphatic heterocycles. The van der Waals surface area contributed by atoms with Gasteiger partial charge in [-0.3, -0.25) is 9.88 Å². The number of benzene rings is 1. The van der Waals surface area contributed by atoms with E-state index in [1.54, 1.807) is 12.3 Å². The first-order valence-electron chi connectivity index (χ1n) is 10.9. The number of rotatable bonds is 6. The molecule has 1 aromatic carbocycles. The lowest BCUT2D eigenvalue weighted by atomic mass is 10.0. The number of nitrogens with one attached hydrogen (secondary N) is 1. The molecule has 0 amide bonds. The molecule has 3 aromatic rings.